The van der Waals surface area contributed by atoms with Crippen LogP contribution < -0.4 is 85.8 Å². The Hall–Kier alpha value is 2.66. The minimum atomic E-state index is -1.08. The molecule has 0 unspecified atom stereocenters. The minimum absolute atomic E-state index is 0. The van der Waals surface area contributed by atoms with Gasteiger partial charge in [0.2, 0.25) is 0 Å². The van der Waals surface area contributed by atoms with Gasteiger partial charge >= 0.3 is 80.9 Å². The van der Waals surface area contributed by atoms with E-state index in [1.807, 2.05) is 0 Å². The molecule has 0 aliphatic carbocycles. The third kappa shape index (κ3) is 30.2. The molecule has 0 saturated heterocycles. The summed E-state index contributed by atoms with van der Waals surface area (Å²) in [5.41, 5.74) is 0. The molecule has 0 bridgehead atoms. The Bertz CT molecular complexity index is 18.3. The Morgan fingerprint density at radius 1 is 1.50 bits per heavy atom. The quantitative estimate of drug-likeness (QED) is 0.249. The summed E-state index contributed by atoms with van der Waals surface area (Å²) in [6, 6.07) is 0. The molecule has 0 aliphatic heterocycles. The van der Waals surface area contributed by atoms with Gasteiger partial charge in [-0.05, 0) is 0 Å². The predicted molar refractivity (Wildman–Crippen MR) is 9.54 cm³/mol. The second-order valence-corrected chi connectivity index (χ2v) is 0.224. The molecule has 0 heterocycles. The van der Waals surface area contributed by atoms with Gasteiger partial charge in [-0.25, -0.2) is 0 Å². The molecule has 6 heavy (non-hydrogen) atoms. The predicted octanol–water partition coefficient (Wildman–Crippen LogP) is -6.62. The molecule has 0 aromatic carbocycles. The van der Waals surface area contributed by atoms with Gasteiger partial charge in [0.15, 0.2) is 0 Å². The van der Waals surface area contributed by atoms with E-state index in [4.69, 9.17) is 9.46 Å². The molecule has 0 radical (unpaired) electrons. The zero-order valence-corrected chi connectivity index (χ0v) is 9.73. The Labute approximate surface area is 102 Å². The van der Waals surface area contributed by atoms with Crippen molar-refractivity contribution < 1.29 is 95.9 Å². The van der Waals surface area contributed by atoms with Crippen LogP contribution in [0.4, 0.5) is 0 Å². The smallest absolute Gasteiger partial charge is 0.870 e. The molecule has 0 spiro atoms. The zero-order valence-electron chi connectivity index (χ0n) is 3.71. The molecule has 0 saturated carbocycles. The van der Waals surface area contributed by atoms with Crippen molar-refractivity contribution in [1.29, 1.82) is 0 Å². The summed E-state index contributed by atoms with van der Waals surface area (Å²) in [6.45, 7) is 0. The van der Waals surface area contributed by atoms with Crippen molar-refractivity contribution in [2.24, 2.45) is 0 Å². The summed E-state index contributed by atoms with van der Waals surface area (Å²) >= 11 is 0. The molecular formula is HKNaO3P. The molecule has 0 fully saturated rings. The molecule has 0 aromatic rings. The Kier molecular flexibility index (Phi) is 99.0. The first kappa shape index (κ1) is 23.4. The summed E-state index contributed by atoms with van der Waals surface area (Å²) in [5.74, 6) is 0. The van der Waals surface area contributed by atoms with Crippen LogP contribution in [0.15, 0.2) is 0 Å². The molecule has 0 aliphatic rings. The van der Waals surface area contributed by atoms with Gasteiger partial charge in [0, 0.05) is 0 Å². The number of hydrogen-bond donors (Lipinski definition) is 0. The topological polar surface area (TPSA) is 70.1 Å². The van der Waals surface area contributed by atoms with Gasteiger partial charge in [0.25, 0.3) is 0 Å². The summed E-state index contributed by atoms with van der Waals surface area (Å²) in [4.78, 5) is 8.35. The first-order chi connectivity index (χ1) is 1.41. The Balaban J connectivity index is -0.00000000667. The van der Waals surface area contributed by atoms with Crippen molar-refractivity contribution in [3.8, 4) is 0 Å². The molecule has 0 rings (SSSR count). The van der Waals surface area contributed by atoms with Gasteiger partial charge in [-0.1, -0.05) is 0 Å². The average Bonchev–Trinajstić information content (AvgIpc) is 0.918. The van der Waals surface area contributed by atoms with E-state index < -0.39 is 8.69 Å². The number of hydrogen-bond acceptors (Lipinski definition) is 3. The van der Waals surface area contributed by atoms with Crippen molar-refractivity contribution in [3.05, 3.63) is 0 Å². The van der Waals surface area contributed by atoms with Gasteiger partial charge in [-0.3, -0.25) is 4.57 Å². The van der Waals surface area contributed by atoms with Crippen molar-refractivity contribution >= 4 is 8.69 Å². The van der Waals surface area contributed by atoms with E-state index in [1.165, 1.54) is 0 Å². The summed E-state index contributed by atoms with van der Waals surface area (Å²) in [7, 11) is -1.08. The second kappa shape index (κ2) is 25.4. The fraction of sp³-hybridized carbons (Fsp3) is 0. The van der Waals surface area contributed by atoms with E-state index in [1.54, 1.807) is 0 Å². The minimum Gasteiger partial charge on any atom is -0.870 e. The van der Waals surface area contributed by atoms with Crippen LogP contribution in [-0.2, 0) is 4.57 Å². The molecule has 0 atom stereocenters. The molecule has 26 valence electrons. The van der Waals surface area contributed by atoms with Crippen LogP contribution in [0, 0.1) is 0 Å². The third-order valence-corrected chi connectivity index (χ3v) is 0. The van der Waals surface area contributed by atoms with E-state index in [9.17, 15) is 0 Å². The van der Waals surface area contributed by atoms with Crippen LogP contribution in [0.3, 0.4) is 0 Å². The summed E-state index contributed by atoms with van der Waals surface area (Å²) in [5, 5.41) is 0. The molecule has 6 heteroatoms. The normalized spacial score (nSPS) is 3.50. The van der Waals surface area contributed by atoms with Crippen LogP contribution in [-0.4, -0.2) is 5.48 Å². The van der Waals surface area contributed by atoms with E-state index >= 15 is 0 Å². The zero-order chi connectivity index (χ0) is 2.71. The third-order valence-electron chi connectivity index (χ3n) is 0. The first-order valence-electron chi connectivity index (χ1n) is 0.365. The van der Waals surface area contributed by atoms with Gasteiger partial charge < -0.3 is 10.4 Å². The molecule has 0 aromatic heterocycles. The monoisotopic (exact) mass is 142 g/mol. The fourth-order valence-corrected chi connectivity index (χ4v) is 0. The maximum atomic E-state index is 8.35. The molecule has 3 nitrogen and oxygen atoms in total. The molecular weight excluding hydrogens is 141 g/mol. The van der Waals surface area contributed by atoms with Crippen LogP contribution in [0.1, 0.15) is 0 Å². The standard InChI is InChI=1S/K.Na.HO2P.H2O/c;;1-3-2;/h;;(H,1,2);1H2/q2*+1;;/p-2. The van der Waals surface area contributed by atoms with Crippen molar-refractivity contribution in [1.82, 2.24) is 0 Å². The van der Waals surface area contributed by atoms with Gasteiger partial charge in [0.05, 0.1) is 8.69 Å². The van der Waals surface area contributed by atoms with Crippen LogP contribution in [0.25, 0.3) is 0 Å². The fourth-order valence-electron chi connectivity index (χ4n) is 0. The second-order valence-electron chi connectivity index (χ2n) is 0.0745. The first-order valence-corrected chi connectivity index (χ1v) is 1.10. The summed E-state index contributed by atoms with van der Waals surface area (Å²) in [6.07, 6.45) is 0. The van der Waals surface area contributed by atoms with Crippen LogP contribution >= 0.6 is 8.69 Å². The Morgan fingerprint density at radius 3 is 1.50 bits per heavy atom. The van der Waals surface area contributed by atoms with Crippen molar-refractivity contribution in [2.45, 2.75) is 0 Å². The largest absolute Gasteiger partial charge is 1.00 e. The van der Waals surface area contributed by atoms with Gasteiger partial charge in [-0.2, -0.15) is 0 Å². The van der Waals surface area contributed by atoms with E-state index in [-0.39, 0.29) is 86.4 Å². The molecule has 1 N–H and O–H groups in total. The maximum absolute atomic E-state index is 8.35. The van der Waals surface area contributed by atoms with Crippen molar-refractivity contribution in [2.75, 3.05) is 0 Å². The average molecular weight is 142 g/mol. The summed E-state index contributed by atoms with van der Waals surface area (Å²) < 4.78 is 8.35. The number of rotatable bonds is 0. The van der Waals surface area contributed by atoms with E-state index in [0.717, 1.165) is 0 Å². The van der Waals surface area contributed by atoms with Crippen molar-refractivity contribution in [3.63, 3.8) is 0 Å². The van der Waals surface area contributed by atoms with E-state index in [2.05, 4.69) is 0 Å². The SMILES string of the molecule is O=P[O-].[K+].[Na+].[OH-]. The van der Waals surface area contributed by atoms with Crippen LogP contribution in [0.2, 0.25) is 0 Å². The van der Waals surface area contributed by atoms with Crippen LogP contribution in [0.5, 0.6) is 0 Å². The van der Waals surface area contributed by atoms with E-state index in [0.29, 0.717) is 0 Å². The Morgan fingerprint density at radius 2 is 1.50 bits per heavy atom. The van der Waals surface area contributed by atoms with Gasteiger partial charge in [0.1, 0.15) is 0 Å². The maximum Gasteiger partial charge on any atom is 1.00 e. The van der Waals surface area contributed by atoms with Gasteiger partial charge in [-0.15, -0.1) is 0 Å². The molecule has 0 amide bonds.